The summed E-state index contributed by atoms with van der Waals surface area (Å²) in [6.45, 7) is 8.21. The molecule has 1 spiro atoms. The summed E-state index contributed by atoms with van der Waals surface area (Å²) >= 11 is 0. The zero-order valence-electron chi connectivity index (χ0n) is 16.2. The number of carbonyl (C=O) groups is 2. The zero-order valence-corrected chi connectivity index (χ0v) is 16.2. The van der Waals surface area contributed by atoms with Crippen LogP contribution in [0.15, 0.2) is 30.3 Å². The number of hydrogen-bond donors (Lipinski definition) is 0. The van der Waals surface area contributed by atoms with Gasteiger partial charge in [0, 0.05) is 26.2 Å². The highest BCUT2D eigenvalue weighted by atomic mass is 16.6. The van der Waals surface area contributed by atoms with Gasteiger partial charge in [-0.05, 0) is 52.0 Å². The highest BCUT2D eigenvalue weighted by Crippen LogP contribution is 2.40. The molecule has 1 aromatic rings. The van der Waals surface area contributed by atoms with Crippen LogP contribution in [-0.2, 0) is 16.1 Å². The van der Waals surface area contributed by atoms with Gasteiger partial charge in [-0.15, -0.1) is 0 Å². The van der Waals surface area contributed by atoms with Crippen LogP contribution < -0.4 is 0 Å². The summed E-state index contributed by atoms with van der Waals surface area (Å²) in [5.74, 6) is 0.195. The van der Waals surface area contributed by atoms with E-state index in [1.54, 1.807) is 4.90 Å². The molecular weight excluding hydrogens is 328 g/mol. The van der Waals surface area contributed by atoms with Gasteiger partial charge >= 0.3 is 6.09 Å². The minimum absolute atomic E-state index is 0.195. The van der Waals surface area contributed by atoms with Crippen LogP contribution >= 0.6 is 0 Å². The van der Waals surface area contributed by atoms with Crippen molar-refractivity contribution in [1.82, 2.24) is 9.80 Å². The summed E-state index contributed by atoms with van der Waals surface area (Å²) in [6, 6.07) is 10.1. The Bertz CT molecular complexity index is 649. The average Bonchev–Trinajstić information content (AvgIpc) is 2.59. The maximum atomic E-state index is 13.3. The van der Waals surface area contributed by atoms with Gasteiger partial charge in [-0.25, -0.2) is 4.79 Å². The fraction of sp³-hybridized carbons (Fsp3) is 0.619. The van der Waals surface area contributed by atoms with E-state index in [2.05, 4.69) is 12.1 Å². The minimum atomic E-state index is -0.516. The minimum Gasteiger partial charge on any atom is -0.444 e. The first kappa shape index (κ1) is 18.7. The Morgan fingerprint density at radius 3 is 2.42 bits per heavy atom. The van der Waals surface area contributed by atoms with Gasteiger partial charge in [0.1, 0.15) is 5.60 Å². The molecule has 0 bridgehead atoms. The molecule has 0 radical (unpaired) electrons. The van der Waals surface area contributed by atoms with Crippen LogP contribution in [0.1, 0.15) is 52.0 Å². The van der Waals surface area contributed by atoms with Crippen LogP contribution in [0, 0.1) is 5.41 Å². The summed E-state index contributed by atoms with van der Waals surface area (Å²) in [6.07, 6.45) is 3.25. The number of carbonyl (C=O) groups excluding carboxylic acids is 2. The van der Waals surface area contributed by atoms with Crippen LogP contribution in [0.5, 0.6) is 0 Å². The fourth-order valence-electron chi connectivity index (χ4n) is 4.10. The highest BCUT2D eigenvalue weighted by molar-refractivity contribution is 5.84. The average molecular weight is 358 g/mol. The van der Waals surface area contributed by atoms with Gasteiger partial charge in [0.2, 0.25) is 5.91 Å². The highest BCUT2D eigenvalue weighted by Gasteiger charge is 2.47. The molecule has 142 valence electrons. The third kappa shape index (κ3) is 4.19. The maximum Gasteiger partial charge on any atom is 0.410 e. The number of likely N-dealkylation sites (tertiary alicyclic amines) is 2. The van der Waals surface area contributed by atoms with E-state index in [0.717, 1.165) is 37.8 Å². The predicted molar refractivity (Wildman–Crippen MR) is 101 cm³/mol. The van der Waals surface area contributed by atoms with Crippen molar-refractivity contribution in [3.63, 3.8) is 0 Å². The molecule has 0 aromatic heterocycles. The Hall–Kier alpha value is -2.04. The Balaban J connectivity index is 1.71. The van der Waals surface area contributed by atoms with E-state index < -0.39 is 11.0 Å². The van der Waals surface area contributed by atoms with Crippen molar-refractivity contribution >= 4 is 12.0 Å². The lowest BCUT2D eigenvalue weighted by atomic mass is 9.73. The van der Waals surface area contributed by atoms with Gasteiger partial charge < -0.3 is 14.5 Å². The molecule has 2 aliphatic heterocycles. The summed E-state index contributed by atoms with van der Waals surface area (Å²) < 4.78 is 5.53. The van der Waals surface area contributed by atoms with E-state index in [1.165, 1.54) is 0 Å². The molecule has 2 saturated heterocycles. The zero-order chi connectivity index (χ0) is 18.8. The summed E-state index contributed by atoms with van der Waals surface area (Å²) in [7, 11) is 0. The monoisotopic (exact) mass is 358 g/mol. The van der Waals surface area contributed by atoms with E-state index in [9.17, 15) is 9.59 Å². The van der Waals surface area contributed by atoms with Crippen molar-refractivity contribution in [1.29, 1.82) is 0 Å². The second kappa shape index (κ2) is 7.29. The quantitative estimate of drug-likeness (QED) is 0.807. The molecule has 2 heterocycles. The molecule has 26 heavy (non-hydrogen) atoms. The molecule has 2 amide bonds. The number of hydrogen-bond acceptors (Lipinski definition) is 3. The van der Waals surface area contributed by atoms with Crippen molar-refractivity contribution in [2.24, 2.45) is 5.41 Å². The second-order valence-corrected chi connectivity index (χ2v) is 8.60. The molecule has 1 aromatic carbocycles. The van der Waals surface area contributed by atoms with Crippen molar-refractivity contribution in [2.75, 3.05) is 19.6 Å². The summed E-state index contributed by atoms with van der Waals surface area (Å²) in [4.78, 5) is 29.5. The third-order valence-corrected chi connectivity index (χ3v) is 5.27. The van der Waals surface area contributed by atoms with Gasteiger partial charge in [0.15, 0.2) is 0 Å². The number of piperidine rings is 2. The first-order chi connectivity index (χ1) is 12.3. The molecular formula is C21H30N2O3. The van der Waals surface area contributed by atoms with E-state index in [1.807, 2.05) is 43.9 Å². The van der Waals surface area contributed by atoms with Crippen molar-refractivity contribution < 1.29 is 14.3 Å². The molecule has 2 fully saturated rings. The van der Waals surface area contributed by atoms with Crippen molar-refractivity contribution in [3.8, 4) is 0 Å². The van der Waals surface area contributed by atoms with Gasteiger partial charge in [0.05, 0.1) is 5.41 Å². The molecule has 5 heteroatoms. The lowest BCUT2D eigenvalue weighted by Gasteiger charge is -2.47. The predicted octanol–water partition coefficient (Wildman–Crippen LogP) is 3.83. The summed E-state index contributed by atoms with van der Waals surface area (Å²) in [5, 5.41) is 0. The SMILES string of the molecule is CC(C)(C)OC(=O)N1CCC[C@]2(CCCN(Cc3ccccc3)C2=O)C1. The molecule has 1 atom stereocenters. The van der Waals surface area contributed by atoms with E-state index in [4.69, 9.17) is 4.74 Å². The second-order valence-electron chi connectivity index (χ2n) is 8.60. The molecule has 0 unspecified atom stereocenters. The number of amides is 2. The largest absolute Gasteiger partial charge is 0.444 e. The lowest BCUT2D eigenvalue weighted by molar-refractivity contribution is -0.150. The van der Waals surface area contributed by atoms with Gasteiger partial charge in [-0.3, -0.25) is 4.79 Å². The van der Waals surface area contributed by atoms with E-state index >= 15 is 0 Å². The molecule has 0 saturated carbocycles. The van der Waals surface area contributed by atoms with Crippen LogP contribution in [0.2, 0.25) is 0 Å². The molecule has 5 nitrogen and oxygen atoms in total. The third-order valence-electron chi connectivity index (χ3n) is 5.27. The Labute approximate surface area is 156 Å². The van der Waals surface area contributed by atoms with Crippen LogP contribution in [0.3, 0.4) is 0 Å². The maximum absolute atomic E-state index is 13.3. The fourth-order valence-corrected chi connectivity index (χ4v) is 4.10. The molecule has 3 rings (SSSR count). The van der Waals surface area contributed by atoms with Crippen molar-refractivity contribution in [3.05, 3.63) is 35.9 Å². The smallest absolute Gasteiger partial charge is 0.410 e. The number of benzene rings is 1. The van der Waals surface area contributed by atoms with Gasteiger partial charge in [0.25, 0.3) is 0 Å². The van der Waals surface area contributed by atoms with Crippen molar-refractivity contribution in [2.45, 2.75) is 58.6 Å². The molecule has 0 N–H and O–H groups in total. The Kier molecular flexibility index (Phi) is 5.26. The lowest BCUT2D eigenvalue weighted by Crippen LogP contribution is -2.57. The normalized spacial score (nSPS) is 24.0. The van der Waals surface area contributed by atoms with E-state index in [0.29, 0.717) is 19.6 Å². The Morgan fingerprint density at radius 1 is 1.12 bits per heavy atom. The Morgan fingerprint density at radius 2 is 1.77 bits per heavy atom. The molecule has 2 aliphatic rings. The number of rotatable bonds is 2. The first-order valence-electron chi connectivity index (χ1n) is 9.60. The van der Waals surface area contributed by atoms with Crippen LogP contribution in [0.25, 0.3) is 0 Å². The van der Waals surface area contributed by atoms with Gasteiger partial charge in [-0.2, -0.15) is 0 Å². The number of ether oxygens (including phenoxy) is 1. The first-order valence-corrected chi connectivity index (χ1v) is 9.60. The van der Waals surface area contributed by atoms with Crippen LogP contribution in [-0.4, -0.2) is 47.0 Å². The topological polar surface area (TPSA) is 49.9 Å². The van der Waals surface area contributed by atoms with Gasteiger partial charge in [-0.1, -0.05) is 30.3 Å². The molecule has 0 aliphatic carbocycles. The summed E-state index contributed by atoms with van der Waals surface area (Å²) in [5.41, 5.74) is 0.192. The standard InChI is InChI=1S/C21H30N2O3/c1-20(2,3)26-19(25)23-14-8-12-21(16-23)11-7-13-22(18(21)24)15-17-9-5-4-6-10-17/h4-6,9-10H,7-8,11-16H2,1-3H3/t21-/m1/s1. The number of nitrogens with zero attached hydrogens (tertiary/aromatic N) is 2. The van der Waals surface area contributed by atoms with E-state index in [-0.39, 0.29) is 12.0 Å². The van der Waals surface area contributed by atoms with Crippen LogP contribution in [0.4, 0.5) is 4.79 Å².